The number of para-hydroxylation sites is 1. The van der Waals surface area contributed by atoms with Crippen LogP contribution in [0.5, 0.6) is 11.6 Å². The molecule has 2 rings (SSSR count). The van der Waals surface area contributed by atoms with E-state index in [0.717, 1.165) is 5.56 Å². The molecule has 0 bridgehead atoms. The molecule has 1 heterocycles. The summed E-state index contributed by atoms with van der Waals surface area (Å²) in [4.78, 5) is 17.8. The fourth-order valence-electron chi connectivity index (χ4n) is 1.28. The summed E-state index contributed by atoms with van der Waals surface area (Å²) in [5, 5.41) is 0. The van der Waals surface area contributed by atoms with Crippen molar-refractivity contribution >= 4 is 28.3 Å². The highest BCUT2D eigenvalue weighted by atomic mass is 127. The van der Waals surface area contributed by atoms with Crippen LogP contribution in [-0.4, -0.2) is 9.97 Å². The van der Waals surface area contributed by atoms with Crippen molar-refractivity contribution in [2.75, 3.05) is 5.73 Å². The first kappa shape index (κ1) is 11.9. The molecule has 5 nitrogen and oxygen atoms in total. The lowest BCUT2D eigenvalue weighted by atomic mass is 10.2. The van der Waals surface area contributed by atoms with Gasteiger partial charge in [0, 0.05) is 0 Å². The molecule has 88 valence electrons. The minimum absolute atomic E-state index is 0.234. The zero-order chi connectivity index (χ0) is 12.4. The summed E-state index contributed by atoms with van der Waals surface area (Å²) >= 11 is 1.88. The summed E-state index contributed by atoms with van der Waals surface area (Å²) in [5.41, 5.74) is 7.11. The molecule has 0 aliphatic carbocycles. The molecule has 1 aromatic carbocycles. The average Bonchev–Trinajstić information content (AvgIpc) is 2.31. The Morgan fingerprint density at radius 2 is 2.24 bits per heavy atom. The number of nitrogens with zero attached hydrogens (tertiary/aromatic N) is 1. The van der Waals surface area contributed by atoms with Gasteiger partial charge in [0.05, 0.1) is 12.0 Å². The highest BCUT2D eigenvalue weighted by Gasteiger charge is 2.10. The van der Waals surface area contributed by atoms with Gasteiger partial charge in [0.2, 0.25) is 5.88 Å². The van der Waals surface area contributed by atoms with E-state index in [-0.39, 0.29) is 11.4 Å². The fraction of sp³-hybridized carbons (Fsp3) is 0.0909. The normalized spacial score (nSPS) is 10.2. The number of aromatic amines is 1. The number of nitrogens with two attached hydrogens (primary N) is 1. The quantitative estimate of drug-likeness (QED) is 0.646. The zero-order valence-corrected chi connectivity index (χ0v) is 11.2. The number of nitrogens with one attached hydrogen (secondary N) is 1. The number of aromatic nitrogens is 2. The summed E-state index contributed by atoms with van der Waals surface area (Å²) in [5.74, 6) is 0.757. The molecule has 0 saturated heterocycles. The first-order valence-electron chi connectivity index (χ1n) is 4.85. The molecule has 1 aromatic heterocycles. The van der Waals surface area contributed by atoms with Gasteiger partial charge in [-0.25, -0.2) is 4.98 Å². The van der Waals surface area contributed by atoms with E-state index in [4.69, 9.17) is 10.5 Å². The van der Waals surface area contributed by atoms with E-state index in [9.17, 15) is 4.79 Å². The molecule has 2 aromatic rings. The number of halogens is 1. The lowest BCUT2D eigenvalue weighted by Crippen LogP contribution is -2.11. The molecule has 0 aliphatic heterocycles. The molecule has 0 aliphatic rings. The summed E-state index contributed by atoms with van der Waals surface area (Å²) in [7, 11) is 0. The van der Waals surface area contributed by atoms with Crippen LogP contribution in [0.1, 0.15) is 5.56 Å². The van der Waals surface area contributed by atoms with Crippen molar-refractivity contribution in [2.45, 2.75) is 6.92 Å². The molecule has 0 radical (unpaired) electrons. The van der Waals surface area contributed by atoms with E-state index in [2.05, 4.69) is 9.97 Å². The van der Waals surface area contributed by atoms with Crippen molar-refractivity contribution in [1.29, 1.82) is 0 Å². The third-order valence-corrected chi connectivity index (χ3v) is 3.21. The Morgan fingerprint density at radius 3 is 3.00 bits per heavy atom. The van der Waals surface area contributed by atoms with Crippen molar-refractivity contribution in [3.63, 3.8) is 0 Å². The van der Waals surface area contributed by atoms with Gasteiger partial charge in [-0.1, -0.05) is 12.1 Å². The van der Waals surface area contributed by atoms with E-state index in [1.54, 1.807) is 6.07 Å². The molecule has 0 atom stereocenters. The van der Waals surface area contributed by atoms with Crippen molar-refractivity contribution in [1.82, 2.24) is 9.97 Å². The molecule has 0 unspecified atom stereocenters. The second-order valence-electron chi connectivity index (χ2n) is 3.44. The fourth-order valence-corrected chi connectivity index (χ4v) is 1.69. The predicted molar refractivity (Wildman–Crippen MR) is 73.2 cm³/mol. The second-order valence-corrected chi connectivity index (χ2v) is 4.52. The Hall–Kier alpha value is -1.57. The van der Waals surface area contributed by atoms with Crippen molar-refractivity contribution in [2.24, 2.45) is 0 Å². The SMILES string of the molecule is Cc1cccc(Oc2nc[nH]c(=O)c2I)c1N. The molecule has 17 heavy (non-hydrogen) atoms. The van der Waals surface area contributed by atoms with E-state index in [0.29, 0.717) is 15.0 Å². The van der Waals surface area contributed by atoms with Crippen molar-refractivity contribution < 1.29 is 4.74 Å². The van der Waals surface area contributed by atoms with Crippen LogP contribution in [0.2, 0.25) is 0 Å². The summed E-state index contributed by atoms with van der Waals surface area (Å²) in [6.45, 7) is 1.89. The third kappa shape index (κ3) is 2.41. The van der Waals surface area contributed by atoms with Gasteiger partial charge in [0.1, 0.15) is 3.57 Å². The number of aryl methyl sites for hydroxylation is 1. The summed E-state index contributed by atoms with van der Waals surface area (Å²) in [6.07, 6.45) is 1.30. The van der Waals surface area contributed by atoms with E-state index in [1.807, 2.05) is 41.6 Å². The maximum Gasteiger partial charge on any atom is 0.268 e. The topological polar surface area (TPSA) is 81.0 Å². The van der Waals surface area contributed by atoms with Gasteiger partial charge >= 0.3 is 0 Å². The first-order valence-corrected chi connectivity index (χ1v) is 5.93. The van der Waals surface area contributed by atoms with Gasteiger partial charge < -0.3 is 15.5 Å². The van der Waals surface area contributed by atoms with Crippen LogP contribution in [0, 0.1) is 10.5 Å². The van der Waals surface area contributed by atoms with Crippen molar-refractivity contribution in [3.8, 4) is 11.6 Å². The molecule has 3 N–H and O–H groups in total. The monoisotopic (exact) mass is 343 g/mol. The largest absolute Gasteiger partial charge is 0.435 e. The average molecular weight is 343 g/mol. The van der Waals surface area contributed by atoms with Gasteiger partial charge in [0.25, 0.3) is 5.56 Å². The Labute approximate surface area is 111 Å². The van der Waals surface area contributed by atoms with E-state index in [1.165, 1.54) is 6.33 Å². The van der Waals surface area contributed by atoms with Crippen LogP contribution in [0.25, 0.3) is 0 Å². The van der Waals surface area contributed by atoms with Crippen LogP contribution in [0.4, 0.5) is 5.69 Å². The zero-order valence-electron chi connectivity index (χ0n) is 9.03. The van der Waals surface area contributed by atoms with Gasteiger partial charge in [-0.2, -0.15) is 0 Å². The number of anilines is 1. The molecule has 0 spiro atoms. The number of hydrogen-bond acceptors (Lipinski definition) is 4. The van der Waals surface area contributed by atoms with Gasteiger partial charge in [-0.3, -0.25) is 4.79 Å². The van der Waals surface area contributed by atoms with Crippen LogP contribution in [0.3, 0.4) is 0 Å². The minimum Gasteiger partial charge on any atom is -0.435 e. The highest BCUT2D eigenvalue weighted by molar-refractivity contribution is 14.1. The molecular weight excluding hydrogens is 333 g/mol. The lowest BCUT2D eigenvalue weighted by Gasteiger charge is -2.09. The summed E-state index contributed by atoms with van der Waals surface area (Å²) < 4.78 is 5.93. The Bertz CT molecular complexity index is 610. The minimum atomic E-state index is -0.234. The number of H-pyrrole nitrogens is 1. The Morgan fingerprint density at radius 1 is 1.47 bits per heavy atom. The van der Waals surface area contributed by atoms with Crippen LogP contribution >= 0.6 is 22.6 Å². The molecule has 0 amide bonds. The molecule has 0 fully saturated rings. The summed E-state index contributed by atoms with van der Waals surface area (Å²) in [6, 6.07) is 5.46. The van der Waals surface area contributed by atoms with Crippen LogP contribution < -0.4 is 16.0 Å². The number of nitrogen functional groups attached to an aromatic ring is 1. The first-order chi connectivity index (χ1) is 8.09. The van der Waals surface area contributed by atoms with Crippen LogP contribution in [-0.2, 0) is 0 Å². The van der Waals surface area contributed by atoms with Crippen molar-refractivity contribution in [3.05, 3.63) is 44.0 Å². The number of ether oxygens (including phenoxy) is 1. The number of hydrogen-bond donors (Lipinski definition) is 2. The standard InChI is InChI=1S/C11H10IN3O2/c1-6-3-2-4-7(9(6)13)17-11-8(12)10(16)14-5-15-11/h2-5H,13H2,1H3,(H,14,15,16). The van der Waals surface area contributed by atoms with E-state index < -0.39 is 0 Å². The number of rotatable bonds is 2. The lowest BCUT2D eigenvalue weighted by molar-refractivity contribution is 0.458. The number of benzene rings is 1. The van der Waals surface area contributed by atoms with E-state index >= 15 is 0 Å². The molecule has 0 saturated carbocycles. The third-order valence-electron chi connectivity index (χ3n) is 2.26. The Kier molecular flexibility index (Phi) is 3.32. The van der Waals surface area contributed by atoms with Gasteiger partial charge in [0.15, 0.2) is 5.75 Å². The Balaban J connectivity index is 2.42. The maximum absolute atomic E-state index is 11.4. The second kappa shape index (κ2) is 4.74. The van der Waals surface area contributed by atoms with Crippen LogP contribution in [0.15, 0.2) is 29.3 Å². The molecule has 6 heteroatoms. The van der Waals surface area contributed by atoms with Gasteiger partial charge in [-0.15, -0.1) is 0 Å². The molecular formula is C11H10IN3O2. The predicted octanol–water partition coefficient (Wildman–Crippen LogP) is 2.06. The van der Waals surface area contributed by atoms with Gasteiger partial charge in [-0.05, 0) is 41.1 Å². The maximum atomic E-state index is 11.4. The smallest absolute Gasteiger partial charge is 0.268 e. The highest BCUT2D eigenvalue weighted by Crippen LogP contribution is 2.29.